The lowest BCUT2D eigenvalue weighted by molar-refractivity contribution is 0.0766. The van der Waals surface area contributed by atoms with Gasteiger partial charge in [0.15, 0.2) is 0 Å². The molecule has 0 N–H and O–H groups in total. The Bertz CT molecular complexity index is 918. The van der Waals surface area contributed by atoms with Gasteiger partial charge in [-0.25, -0.2) is 9.97 Å². The number of aromatic nitrogens is 2. The van der Waals surface area contributed by atoms with E-state index in [1.54, 1.807) is 13.3 Å². The first-order valence-electron chi connectivity index (χ1n) is 10.4. The van der Waals surface area contributed by atoms with Gasteiger partial charge in [-0.2, -0.15) is 0 Å². The van der Waals surface area contributed by atoms with Crippen LogP contribution in [-0.2, 0) is 6.54 Å². The van der Waals surface area contributed by atoms with Gasteiger partial charge in [0.25, 0.3) is 5.91 Å². The number of rotatable bonds is 5. The predicted molar refractivity (Wildman–Crippen MR) is 109 cm³/mol. The number of anilines is 1. The van der Waals surface area contributed by atoms with Gasteiger partial charge in [-0.05, 0) is 37.5 Å². The number of methoxy groups -OCH3 is 1. The molecule has 2 aromatic heterocycles. The van der Waals surface area contributed by atoms with E-state index in [2.05, 4.69) is 16.8 Å². The standard InChI is InChI=1S/C22H26N4O3/c1-14-11-18-19(13-26(22(18)27)15-3-4-15)24-21(14)25-9-7-16(8-10-25)29-17-5-6-20(28-2)23-12-17/h5-6,11-12,15-16H,3-4,7-10,13H2,1-2H3. The Morgan fingerprint density at radius 3 is 2.59 bits per heavy atom. The monoisotopic (exact) mass is 394 g/mol. The van der Waals surface area contributed by atoms with Gasteiger partial charge in [-0.1, -0.05) is 0 Å². The van der Waals surface area contributed by atoms with Crippen molar-refractivity contribution in [2.75, 3.05) is 25.1 Å². The normalized spacial score (nSPS) is 19.4. The van der Waals surface area contributed by atoms with E-state index in [0.29, 0.717) is 18.5 Å². The highest BCUT2D eigenvalue weighted by Gasteiger charge is 2.39. The molecule has 2 aromatic rings. The fraction of sp³-hybridized carbons (Fsp3) is 0.500. The van der Waals surface area contributed by atoms with Crippen LogP contribution in [0.3, 0.4) is 0 Å². The van der Waals surface area contributed by atoms with E-state index in [1.807, 2.05) is 23.1 Å². The maximum absolute atomic E-state index is 12.6. The van der Waals surface area contributed by atoms with Crippen molar-refractivity contribution in [3.8, 4) is 11.6 Å². The molecule has 3 aliphatic rings. The van der Waals surface area contributed by atoms with Gasteiger partial charge >= 0.3 is 0 Å². The average Bonchev–Trinajstić information content (AvgIpc) is 3.54. The van der Waals surface area contributed by atoms with Gasteiger partial charge in [0, 0.05) is 38.0 Å². The molecule has 7 nitrogen and oxygen atoms in total. The molecule has 0 bridgehead atoms. The van der Waals surface area contributed by atoms with E-state index in [4.69, 9.17) is 14.5 Å². The van der Waals surface area contributed by atoms with Gasteiger partial charge < -0.3 is 19.3 Å². The van der Waals surface area contributed by atoms with Crippen LogP contribution in [0, 0.1) is 6.92 Å². The molecule has 0 radical (unpaired) electrons. The SMILES string of the molecule is COc1ccc(OC2CCN(c3nc4c(cc3C)C(=O)N(C3CC3)C4)CC2)cn1. The van der Waals surface area contributed by atoms with Crippen LogP contribution in [0.2, 0.25) is 0 Å². The number of pyridine rings is 2. The van der Waals surface area contributed by atoms with Crippen LogP contribution in [-0.4, -0.2) is 53.1 Å². The van der Waals surface area contributed by atoms with Gasteiger partial charge in [-0.15, -0.1) is 0 Å². The molecule has 0 spiro atoms. The topological polar surface area (TPSA) is 67.8 Å². The maximum atomic E-state index is 12.6. The van der Waals surface area contributed by atoms with Crippen molar-refractivity contribution in [3.05, 3.63) is 41.2 Å². The average molecular weight is 394 g/mol. The van der Waals surface area contributed by atoms with Gasteiger partial charge in [0.05, 0.1) is 31.1 Å². The number of carbonyl (C=O) groups is 1. The summed E-state index contributed by atoms with van der Waals surface area (Å²) < 4.78 is 11.2. The van der Waals surface area contributed by atoms with Crippen molar-refractivity contribution in [1.29, 1.82) is 0 Å². The van der Waals surface area contributed by atoms with E-state index in [1.165, 1.54) is 0 Å². The lowest BCUT2D eigenvalue weighted by Gasteiger charge is -2.33. The highest BCUT2D eigenvalue weighted by atomic mass is 16.5. The second kappa shape index (κ2) is 7.21. The minimum Gasteiger partial charge on any atom is -0.489 e. The van der Waals surface area contributed by atoms with E-state index < -0.39 is 0 Å². The van der Waals surface area contributed by atoms with E-state index in [0.717, 1.165) is 67.2 Å². The Hall–Kier alpha value is -2.83. The number of nitrogens with zero attached hydrogens (tertiary/aromatic N) is 4. The van der Waals surface area contributed by atoms with Gasteiger partial charge in [-0.3, -0.25) is 4.79 Å². The summed E-state index contributed by atoms with van der Waals surface area (Å²) >= 11 is 0. The summed E-state index contributed by atoms with van der Waals surface area (Å²) in [5, 5.41) is 0. The fourth-order valence-corrected chi connectivity index (χ4v) is 4.27. The predicted octanol–water partition coefficient (Wildman–Crippen LogP) is 2.96. The molecule has 5 rings (SSSR count). The van der Waals surface area contributed by atoms with Crippen molar-refractivity contribution in [3.63, 3.8) is 0 Å². The molecule has 7 heteroatoms. The molecule has 0 unspecified atom stereocenters. The highest BCUT2D eigenvalue weighted by molar-refractivity contribution is 5.98. The number of piperidine rings is 1. The molecule has 2 aliphatic heterocycles. The quantitative estimate of drug-likeness (QED) is 0.777. The largest absolute Gasteiger partial charge is 0.489 e. The summed E-state index contributed by atoms with van der Waals surface area (Å²) in [4.78, 5) is 26.0. The molecule has 2 fully saturated rings. The molecule has 1 saturated heterocycles. The molecule has 152 valence electrons. The van der Waals surface area contributed by atoms with Crippen LogP contribution in [0.1, 0.15) is 47.3 Å². The first-order valence-corrected chi connectivity index (χ1v) is 10.4. The summed E-state index contributed by atoms with van der Waals surface area (Å²) in [6.45, 7) is 4.50. The van der Waals surface area contributed by atoms with Crippen molar-refractivity contribution >= 4 is 11.7 Å². The third-order valence-corrected chi connectivity index (χ3v) is 6.03. The number of hydrogen-bond donors (Lipinski definition) is 0. The molecule has 4 heterocycles. The summed E-state index contributed by atoms with van der Waals surface area (Å²) in [6, 6.07) is 6.18. The molecular formula is C22H26N4O3. The molecule has 1 amide bonds. The second-order valence-corrected chi connectivity index (χ2v) is 8.13. The number of ether oxygens (including phenoxy) is 2. The zero-order valence-electron chi connectivity index (χ0n) is 16.9. The summed E-state index contributed by atoms with van der Waals surface area (Å²) in [5.74, 6) is 2.53. The number of amides is 1. The van der Waals surface area contributed by atoms with Crippen LogP contribution in [0.4, 0.5) is 5.82 Å². The third kappa shape index (κ3) is 3.50. The van der Waals surface area contributed by atoms with Crippen LogP contribution in [0.5, 0.6) is 11.6 Å². The Labute approximate surface area is 170 Å². The number of fused-ring (bicyclic) bond motifs is 1. The van der Waals surface area contributed by atoms with Crippen LogP contribution >= 0.6 is 0 Å². The van der Waals surface area contributed by atoms with Crippen LogP contribution < -0.4 is 14.4 Å². The highest BCUT2D eigenvalue weighted by Crippen LogP contribution is 2.36. The summed E-state index contributed by atoms with van der Waals surface area (Å²) in [7, 11) is 1.60. The molecule has 29 heavy (non-hydrogen) atoms. The van der Waals surface area contributed by atoms with E-state index >= 15 is 0 Å². The number of aryl methyl sites for hydroxylation is 1. The zero-order valence-corrected chi connectivity index (χ0v) is 16.9. The first-order chi connectivity index (χ1) is 14.1. The Kier molecular flexibility index (Phi) is 4.53. The molecular weight excluding hydrogens is 368 g/mol. The maximum Gasteiger partial charge on any atom is 0.256 e. The van der Waals surface area contributed by atoms with E-state index in [9.17, 15) is 4.79 Å². The molecule has 1 saturated carbocycles. The Morgan fingerprint density at radius 1 is 1.14 bits per heavy atom. The lowest BCUT2D eigenvalue weighted by Crippen LogP contribution is -2.39. The minimum absolute atomic E-state index is 0.157. The summed E-state index contributed by atoms with van der Waals surface area (Å²) in [5.41, 5.74) is 2.81. The Morgan fingerprint density at radius 2 is 1.93 bits per heavy atom. The zero-order chi connectivity index (χ0) is 20.0. The first kappa shape index (κ1) is 18.2. The van der Waals surface area contributed by atoms with Crippen molar-refractivity contribution < 1.29 is 14.3 Å². The molecule has 1 aliphatic carbocycles. The van der Waals surface area contributed by atoms with Crippen molar-refractivity contribution in [2.24, 2.45) is 0 Å². The third-order valence-electron chi connectivity index (χ3n) is 6.03. The molecule has 0 atom stereocenters. The van der Waals surface area contributed by atoms with Gasteiger partial charge in [0.2, 0.25) is 5.88 Å². The van der Waals surface area contributed by atoms with Crippen molar-refractivity contribution in [2.45, 2.75) is 51.3 Å². The molecule has 0 aromatic carbocycles. The smallest absolute Gasteiger partial charge is 0.256 e. The van der Waals surface area contributed by atoms with Gasteiger partial charge in [0.1, 0.15) is 17.7 Å². The fourth-order valence-electron chi connectivity index (χ4n) is 4.27. The lowest BCUT2D eigenvalue weighted by atomic mass is 10.1. The minimum atomic E-state index is 0.157. The van der Waals surface area contributed by atoms with E-state index in [-0.39, 0.29) is 12.0 Å². The summed E-state index contributed by atoms with van der Waals surface area (Å²) in [6.07, 6.45) is 5.99. The van der Waals surface area contributed by atoms with Crippen LogP contribution in [0.25, 0.3) is 0 Å². The number of hydrogen-bond acceptors (Lipinski definition) is 6. The number of carbonyl (C=O) groups excluding carboxylic acids is 1. The Balaban J connectivity index is 1.24. The van der Waals surface area contributed by atoms with Crippen molar-refractivity contribution in [1.82, 2.24) is 14.9 Å². The van der Waals surface area contributed by atoms with Crippen LogP contribution in [0.15, 0.2) is 24.4 Å². The second-order valence-electron chi connectivity index (χ2n) is 8.13.